The fourth-order valence-corrected chi connectivity index (χ4v) is 2.40. The molecule has 0 spiro atoms. The monoisotopic (exact) mass is 394 g/mol. The van der Waals surface area contributed by atoms with E-state index in [1.54, 1.807) is 6.92 Å². The summed E-state index contributed by atoms with van der Waals surface area (Å²) in [6.07, 6.45) is 2.01. The summed E-state index contributed by atoms with van der Waals surface area (Å²) >= 11 is 0. The Morgan fingerprint density at radius 1 is 0.964 bits per heavy atom. The van der Waals surface area contributed by atoms with Gasteiger partial charge in [-0.15, -0.1) is 0 Å². The number of unbranched alkanes of at least 4 members (excludes halogenated alkanes) is 1. The first-order chi connectivity index (χ1) is 13.4. The summed E-state index contributed by atoms with van der Waals surface area (Å²) < 4.78 is 14.3. The van der Waals surface area contributed by atoms with Gasteiger partial charge >= 0.3 is 23.9 Å². The molecule has 0 aromatic heterocycles. The molecule has 1 aromatic rings. The summed E-state index contributed by atoms with van der Waals surface area (Å²) in [5, 5.41) is 5.06. The number of nitrogens with one attached hydrogen (secondary N) is 2. The second kappa shape index (κ2) is 11.6. The van der Waals surface area contributed by atoms with Crippen molar-refractivity contribution in [3.63, 3.8) is 0 Å². The third-order valence-corrected chi connectivity index (χ3v) is 3.76. The lowest BCUT2D eigenvalue weighted by atomic mass is 10.1. The van der Waals surface area contributed by atoms with Crippen LogP contribution in [-0.4, -0.2) is 50.8 Å². The van der Waals surface area contributed by atoms with E-state index < -0.39 is 30.0 Å². The second-order valence-electron chi connectivity index (χ2n) is 5.83. The minimum absolute atomic E-state index is 0.0635. The van der Waals surface area contributed by atoms with Gasteiger partial charge in [0.25, 0.3) is 0 Å². The van der Waals surface area contributed by atoms with Crippen molar-refractivity contribution < 1.29 is 33.4 Å². The normalized spacial score (nSPS) is 11.1. The van der Waals surface area contributed by atoms with E-state index in [2.05, 4.69) is 20.1 Å². The molecule has 154 valence electrons. The lowest BCUT2D eigenvalue weighted by molar-refractivity contribution is -0.145. The third kappa shape index (κ3) is 6.90. The highest BCUT2D eigenvalue weighted by Crippen LogP contribution is 2.17. The van der Waals surface area contributed by atoms with Gasteiger partial charge in [0.15, 0.2) is 0 Å². The highest BCUT2D eigenvalue weighted by molar-refractivity contribution is 5.99. The van der Waals surface area contributed by atoms with Gasteiger partial charge in [-0.05, 0) is 31.5 Å². The molecule has 0 aliphatic rings. The molecular weight excluding hydrogens is 368 g/mol. The number of amides is 2. The van der Waals surface area contributed by atoms with Gasteiger partial charge in [0.05, 0.1) is 32.0 Å². The van der Waals surface area contributed by atoms with E-state index in [4.69, 9.17) is 4.74 Å². The molecule has 0 heterocycles. The average molecular weight is 394 g/mol. The van der Waals surface area contributed by atoms with Crippen molar-refractivity contribution in [2.24, 2.45) is 0 Å². The van der Waals surface area contributed by atoms with Gasteiger partial charge in [0.1, 0.15) is 6.04 Å². The van der Waals surface area contributed by atoms with Crippen LogP contribution in [0.3, 0.4) is 0 Å². The summed E-state index contributed by atoms with van der Waals surface area (Å²) in [5.74, 6) is -1.88. The molecule has 0 aliphatic carbocycles. The van der Waals surface area contributed by atoms with Crippen molar-refractivity contribution in [2.45, 2.75) is 39.2 Å². The molecule has 28 heavy (non-hydrogen) atoms. The molecule has 0 saturated carbocycles. The van der Waals surface area contributed by atoms with Crippen LogP contribution in [0.4, 0.5) is 10.5 Å². The molecule has 1 unspecified atom stereocenters. The molecule has 0 aliphatic heterocycles. The summed E-state index contributed by atoms with van der Waals surface area (Å²) in [6.45, 7) is 3.85. The van der Waals surface area contributed by atoms with Crippen LogP contribution in [0.25, 0.3) is 0 Å². The molecule has 0 fully saturated rings. The lowest BCUT2D eigenvalue weighted by Crippen LogP contribution is -2.44. The number of carbonyl (C=O) groups is 4. The van der Waals surface area contributed by atoms with E-state index in [0.717, 1.165) is 12.8 Å². The van der Waals surface area contributed by atoms with Crippen LogP contribution in [0.5, 0.6) is 0 Å². The van der Waals surface area contributed by atoms with Gasteiger partial charge in [-0.25, -0.2) is 19.2 Å². The Kier molecular flexibility index (Phi) is 9.49. The van der Waals surface area contributed by atoms with E-state index in [-0.39, 0.29) is 23.4 Å². The van der Waals surface area contributed by atoms with Crippen LogP contribution in [-0.2, 0) is 19.0 Å². The van der Waals surface area contributed by atoms with Crippen LogP contribution in [0.2, 0.25) is 0 Å². The van der Waals surface area contributed by atoms with Gasteiger partial charge in [-0.1, -0.05) is 19.8 Å². The number of carbonyl (C=O) groups excluding carboxylic acids is 4. The Labute approximate surface area is 163 Å². The highest BCUT2D eigenvalue weighted by Gasteiger charge is 2.22. The van der Waals surface area contributed by atoms with Crippen LogP contribution >= 0.6 is 0 Å². The van der Waals surface area contributed by atoms with Crippen LogP contribution < -0.4 is 10.6 Å². The summed E-state index contributed by atoms with van der Waals surface area (Å²) in [4.78, 5) is 48.0. The lowest BCUT2D eigenvalue weighted by Gasteiger charge is -2.18. The number of benzene rings is 1. The zero-order valence-electron chi connectivity index (χ0n) is 16.5. The largest absolute Gasteiger partial charge is 0.465 e. The third-order valence-electron chi connectivity index (χ3n) is 3.76. The minimum Gasteiger partial charge on any atom is -0.465 e. The number of anilines is 1. The van der Waals surface area contributed by atoms with Crippen molar-refractivity contribution in [1.82, 2.24) is 5.32 Å². The van der Waals surface area contributed by atoms with Crippen LogP contribution in [0.1, 0.15) is 53.8 Å². The van der Waals surface area contributed by atoms with Gasteiger partial charge in [-0.3, -0.25) is 0 Å². The molecule has 1 atom stereocenters. The zero-order chi connectivity index (χ0) is 21.1. The Morgan fingerprint density at radius 3 is 2.00 bits per heavy atom. The smallest absolute Gasteiger partial charge is 0.337 e. The molecule has 2 amide bonds. The molecule has 0 saturated heterocycles. The molecule has 9 heteroatoms. The standard InChI is InChI=1S/C19H26N2O7/c1-5-7-8-15(18(24)28-6-2)21-19(25)20-14-10-12(16(22)26-3)9-13(11-14)17(23)27-4/h9-11,15H,5-8H2,1-4H3,(H2,20,21,25). The molecule has 0 radical (unpaired) electrons. The molecule has 1 aromatic carbocycles. The van der Waals surface area contributed by atoms with Crippen LogP contribution in [0.15, 0.2) is 18.2 Å². The molecule has 9 nitrogen and oxygen atoms in total. The van der Waals surface area contributed by atoms with Crippen molar-refractivity contribution in [3.05, 3.63) is 29.3 Å². The number of hydrogen-bond acceptors (Lipinski definition) is 7. The Bertz CT molecular complexity index is 684. The van der Waals surface area contributed by atoms with Gasteiger partial charge in [0.2, 0.25) is 0 Å². The summed E-state index contributed by atoms with van der Waals surface area (Å²) in [7, 11) is 2.40. The maximum Gasteiger partial charge on any atom is 0.337 e. The second-order valence-corrected chi connectivity index (χ2v) is 5.83. The first kappa shape index (κ1) is 22.9. The van der Waals surface area contributed by atoms with E-state index in [1.807, 2.05) is 6.92 Å². The first-order valence-corrected chi connectivity index (χ1v) is 8.92. The van der Waals surface area contributed by atoms with Gasteiger partial charge in [0, 0.05) is 5.69 Å². The number of ether oxygens (including phenoxy) is 3. The Morgan fingerprint density at radius 2 is 1.54 bits per heavy atom. The maximum atomic E-state index is 12.3. The minimum atomic E-state index is -0.802. The van der Waals surface area contributed by atoms with E-state index in [0.29, 0.717) is 6.42 Å². The number of urea groups is 1. The predicted molar refractivity (Wildman–Crippen MR) is 101 cm³/mol. The number of rotatable bonds is 9. The van der Waals surface area contributed by atoms with Crippen molar-refractivity contribution >= 4 is 29.6 Å². The van der Waals surface area contributed by atoms with Crippen molar-refractivity contribution in [3.8, 4) is 0 Å². The summed E-state index contributed by atoms with van der Waals surface area (Å²) in [6, 6.07) is 2.52. The van der Waals surface area contributed by atoms with E-state index in [1.165, 1.54) is 32.4 Å². The highest BCUT2D eigenvalue weighted by atomic mass is 16.5. The Balaban J connectivity index is 3.00. The molecule has 1 rings (SSSR count). The molecule has 0 bridgehead atoms. The average Bonchev–Trinajstić information content (AvgIpc) is 2.69. The topological polar surface area (TPSA) is 120 Å². The van der Waals surface area contributed by atoms with Crippen molar-refractivity contribution in [1.29, 1.82) is 0 Å². The fourth-order valence-electron chi connectivity index (χ4n) is 2.40. The number of methoxy groups -OCH3 is 2. The molecular formula is C19H26N2O7. The first-order valence-electron chi connectivity index (χ1n) is 8.92. The van der Waals surface area contributed by atoms with Gasteiger partial charge < -0.3 is 24.8 Å². The SMILES string of the molecule is CCCCC(NC(=O)Nc1cc(C(=O)OC)cc(C(=O)OC)c1)C(=O)OCC. The number of hydrogen-bond donors (Lipinski definition) is 2. The van der Waals surface area contributed by atoms with E-state index in [9.17, 15) is 19.2 Å². The van der Waals surface area contributed by atoms with Crippen molar-refractivity contribution in [2.75, 3.05) is 26.1 Å². The zero-order valence-corrected chi connectivity index (χ0v) is 16.5. The maximum absolute atomic E-state index is 12.3. The van der Waals surface area contributed by atoms with Crippen LogP contribution in [0, 0.1) is 0 Å². The Hall–Kier alpha value is -3.10. The quantitative estimate of drug-likeness (QED) is 0.488. The summed E-state index contributed by atoms with van der Waals surface area (Å²) in [5.41, 5.74) is 0.293. The van der Waals surface area contributed by atoms with E-state index >= 15 is 0 Å². The number of esters is 3. The predicted octanol–water partition coefficient (Wildman–Crippen LogP) is 2.50. The molecule has 2 N–H and O–H groups in total. The van der Waals surface area contributed by atoms with Gasteiger partial charge in [-0.2, -0.15) is 0 Å². The fraction of sp³-hybridized carbons (Fsp3) is 0.474.